The molecule has 2 N–H and O–H groups in total. The number of hydrogen-bond donors (Lipinski definition) is 2. The molecular weight excluding hydrogens is 428 g/mol. The number of amides is 1. The molecule has 0 aliphatic carbocycles. The molecule has 0 aliphatic heterocycles. The zero-order valence-corrected chi connectivity index (χ0v) is 17.1. The highest BCUT2D eigenvalue weighted by molar-refractivity contribution is 7.91. The smallest absolute Gasteiger partial charge is 0.291 e. The van der Waals surface area contributed by atoms with E-state index < -0.39 is 20.7 Å². The van der Waals surface area contributed by atoms with Crippen LogP contribution in [0.5, 0.6) is 11.5 Å². The maximum atomic E-state index is 12.4. The Morgan fingerprint density at radius 2 is 1.87 bits per heavy atom. The Kier molecular flexibility index (Phi) is 6.25. The molecule has 0 radical (unpaired) electrons. The first kappa shape index (κ1) is 21.8. The number of phenolic OH excluding ortho intramolecular Hbond substituents is 1. The zero-order chi connectivity index (χ0) is 22.6. The van der Waals surface area contributed by atoms with Gasteiger partial charge in [0.1, 0.15) is 23.9 Å². The minimum atomic E-state index is -3.51. The van der Waals surface area contributed by atoms with E-state index in [0.717, 1.165) is 0 Å². The number of nitro benzene ring substituents is 1. The lowest BCUT2D eigenvalue weighted by molar-refractivity contribution is -0.384. The molecule has 1 aromatic heterocycles. The maximum absolute atomic E-state index is 12.4. The Labute approximate surface area is 177 Å². The van der Waals surface area contributed by atoms with Crippen molar-refractivity contribution in [1.29, 1.82) is 0 Å². The van der Waals surface area contributed by atoms with E-state index in [-0.39, 0.29) is 40.1 Å². The largest absolute Gasteiger partial charge is 0.506 e. The molecular formula is C20H18N2O8S. The molecule has 0 bridgehead atoms. The van der Waals surface area contributed by atoms with Crippen LogP contribution in [0.2, 0.25) is 0 Å². The van der Waals surface area contributed by atoms with Crippen LogP contribution in [0.3, 0.4) is 0 Å². The molecule has 3 rings (SSSR count). The van der Waals surface area contributed by atoms with E-state index >= 15 is 0 Å². The third-order valence-electron chi connectivity index (χ3n) is 4.27. The predicted molar refractivity (Wildman–Crippen MR) is 110 cm³/mol. The maximum Gasteiger partial charge on any atom is 0.291 e. The summed E-state index contributed by atoms with van der Waals surface area (Å²) in [5.41, 5.74) is -0.136. The number of rotatable bonds is 8. The molecule has 162 valence electrons. The highest BCUT2D eigenvalue weighted by Crippen LogP contribution is 2.28. The summed E-state index contributed by atoms with van der Waals surface area (Å²) < 4.78 is 34.9. The summed E-state index contributed by atoms with van der Waals surface area (Å²) in [5, 5.41) is 23.0. The van der Waals surface area contributed by atoms with Gasteiger partial charge in [0.15, 0.2) is 15.6 Å². The van der Waals surface area contributed by atoms with Crippen LogP contribution >= 0.6 is 0 Å². The summed E-state index contributed by atoms with van der Waals surface area (Å²) in [4.78, 5) is 22.5. The van der Waals surface area contributed by atoms with E-state index in [1.807, 2.05) is 0 Å². The standard InChI is InChI=1S/C20H18N2O8S/c1-2-31(27,28)16-8-9-18(23)17(11-16)21-20(24)19-10-7-15(30-19)12-29-14-5-3-13(4-6-14)22(25)26/h3-11,23H,2,12H2,1H3,(H,21,24). The molecule has 1 heterocycles. The van der Waals surface area contributed by atoms with Crippen LogP contribution in [-0.2, 0) is 16.4 Å². The summed E-state index contributed by atoms with van der Waals surface area (Å²) in [6.07, 6.45) is 0. The molecule has 0 fully saturated rings. The molecule has 3 aromatic rings. The lowest BCUT2D eigenvalue weighted by Crippen LogP contribution is -2.12. The van der Waals surface area contributed by atoms with Crippen molar-refractivity contribution in [2.75, 3.05) is 11.1 Å². The summed E-state index contributed by atoms with van der Waals surface area (Å²) in [5.74, 6) is -0.492. The number of aromatic hydroxyl groups is 1. The Morgan fingerprint density at radius 1 is 1.16 bits per heavy atom. The van der Waals surface area contributed by atoms with Crippen molar-refractivity contribution in [3.63, 3.8) is 0 Å². The highest BCUT2D eigenvalue weighted by atomic mass is 32.2. The molecule has 0 spiro atoms. The second kappa shape index (κ2) is 8.88. The quantitative estimate of drug-likeness (QED) is 0.303. The Bertz CT molecular complexity index is 1220. The number of non-ortho nitro benzene ring substituents is 1. The third kappa shape index (κ3) is 5.20. The van der Waals surface area contributed by atoms with Gasteiger partial charge in [-0.05, 0) is 42.5 Å². The van der Waals surface area contributed by atoms with Gasteiger partial charge in [0.25, 0.3) is 11.6 Å². The third-order valence-corrected chi connectivity index (χ3v) is 6.00. The number of hydrogen-bond acceptors (Lipinski definition) is 8. The molecule has 0 saturated carbocycles. The number of phenols is 1. The number of benzene rings is 2. The van der Waals surface area contributed by atoms with Crippen molar-refractivity contribution in [3.05, 3.63) is 76.2 Å². The number of carbonyl (C=O) groups is 1. The molecule has 0 atom stereocenters. The molecule has 0 unspecified atom stereocenters. The van der Waals surface area contributed by atoms with Gasteiger partial charge in [0.05, 0.1) is 21.3 Å². The number of ether oxygens (including phenoxy) is 1. The molecule has 11 heteroatoms. The molecule has 0 saturated heterocycles. The van der Waals surface area contributed by atoms with Gasteiger partial charge in [-0.2, -0.15) is 0 Å². The number of anilines is 1. The monoisotopic (exact) mass is 446 g/mol. The average Bonchev–Trinajstić information content (AvgIpc) is 3.23. The van der Waals surface area contributed by atoms with E-state index in [1.54, 1.807) is 0 Å². The fourth-order valence-electron chi connectivity index (χ4n) is 2.56. The van der Waals surface area contributed by atoms with E-state index in [0.29, 0.717) is 11.5 Å². The van der Waals surface area contributed by atoms with E-state index in [9.17, 15) is 28.4 Å². The fourth-order valence-corrected chi connectivity index (χ4v) is 3.46. The van der Waals surface area contributed by atoms with Crippen molar-refractivity contribution in [2.45, 2.75) is 18.4 Å². The first-order valence-corrected chi connectivity index (χ1v) is 10.7. The van der Waals surface area contributed by atoms with Gasteiger partial charge in [-0.3, -0.25) is 14.9 Å². The number of furan rings is 1. The average molecular weight is 446 g/mol. The van der Waals surface area contributed by atoms with Gasteiger partial charge in [0, 0.05) is 12.1 Å². The number of carbonyl (C=O) groups excluding carboxylic acids is 1. The number of nitrogens with one attached hydrogen (secondary N) is 1. The lowest BCUT2D eigenvalue weighted by Gasteiger charge is -2.09. The number of nitrogens with zero attached hydrogens (tertiary/aromatic N) is 1. The van der Waals surface area contributed by atoms with Gasteiger partial charge in [-0.15, -0.1) is 0 Å². The molecule has 2 aromatic carbocycles. The van der Waals surface area contributed by atoms with Crippen LogP contribution in [0.4, 0.5) is 11.4 Å². The van der Waals surface area contributed by atoms with E-state index in [2.05, 4.69) is 5.32 Å². The van der Waals surface area contributed by atoms with Gasteiger partial charge < -0.3 is 19.6 Å². The van der Waals surface area contributed by atoms with E-state index in [1.165, 1.54) is 61.5 Å². The Hall–Kier alpha value is -3.86. The predicted octanol–water partition coefficient (Wildman–Crippen LogP) is 3.52. The van der Waals surface area contributed by atoms with Crippen LogP contribution < -0.4 is 10.1 Å². The minimum absolute atomic E-state index is 0.0272. The van der Waals surface area contributed by atoms with Crippen LogP contribution in [-0.4, -0.2) is 30.1 Å². The van der Waals surface area contributed by atoms with Crippen LogP contribution in [0.25, 0.3) is 0 Å². The number of nitro groups is 1. The van der Waals surface area contributed by atoms with Gasteiger partial charge in [0.2, 0.25) is 0 Å². The van der Waals surface area contributed by atoms with E-state index in [4.69, 9.17) is 9.15 Å². The molecule has 10 nitrogen and oxygen atoms in total. The van der Waals surface area contributed by atoms with Crippen molar-refractivity contribution < 1.29 is 32.4 Å². The van der Waals surface area contributed by atoms with Crippen molar-refractivity contribution >= 4 is 27.1 Å². The Morgan fingerprint density at radius 3 is 2.52 bits per heavy atom. The van der Waals surface area contributed by atoms with Crippen LogP contribution in [0.15, 0.2) is 63.9 Å². The second-order valence-electron chi connectivity index (χ2n) is 6.34. The summed E-state index contributed by atoms with van der Waals surface area (Å²) in [6, 6.07) is 12.0. The van der Waals surface area contributed by atoms with Crippen molar-refractivity contribution in [3.8, 4) is 11.5 Å². The topological polar surface area (TPSA) is 149 Å². The normalized spacial score (nSPS) is 11.1. The number of sulfone groups is 1. The first-order chi connectivity index (χ1) is 14.7. The summed E-state index contributed by atoms with van der Waals surface area (Å²) in [7, 11) is -3.51. The lowest BCUT2D eigenvalue weighted by atomic mass is 10.3. The molecule has 1 amide bonds. The zero-order valence-electron chi connectivity index (χ0n) is 16.3. The minimum Gasteiger partial charge on any atom is -0.506 e. The summed E-state index contributed by atoms with van der Waals surface area (Å²) >= 11 is 0. The Balaban J connectivity index is 1.66. The van der Waals surface area contributed by atoms with Gasteiger partial charge in [-0.25, -0.2) is 8.42 Å². The van der Waals surface area contributed by atoms with Crippen LogP contribution in [0, 0.1) is 10.1 Å². The molecule has 31 heavy (non-hydrogen) atoms. The SMILES string of the molecule is CCS(=O)(=O)c1ccc(O)c(NC(=O)c2ccc(COc3ccc([N+](=O)[O-])cc3)o2)c1. The molecule has 0 aliphatic rings. The van der Waals surface area contributed by atoms with Crippen molar-refractivity contribution in [2.24, 2.45) is 0 Å². The summed E-state index contributed by atoms with van der Waals surface area (Å²) in [6.45, 7) is 1.46. The highest BCUT2D eigenvalue weighted by Gasteiger charge is 2.18. The van der Waals surface area contributed by atoms with Gasteiger partial charge >= 0.3 is 0 Å². The second-order valence-corrected chi connectivity index (χ2v) is 8.62. The van der Waals surface area contributed by atoms with Gasteiger partial charge in [-0.1, -0.05) is 6.92 Å². The first-order valence-electron chi connectivity index (χ1n) is 9.02. The van der Waals surface area contributed by atoms with Crippen molar-refractivity contribution in [1.82, 2.24) is 0 Å². The van der Waals surface area contributed by atoms with Crippen LogP contribution in [0.1, 0.15) is 23.2 Å². The fraction of sp³-hybridized carbons (Fsp3) is 0.150.